The largest absolute Gasteiger partial charge is 0.342 e. The number of ketones is 1. The van der Waals surface area contributed by atoms with Crippen LogP contribution in [-0.2, 0) is 9.59 Å². The number of amides is 1. The predicted molar refractivity (Wildman–Crippen MR) is 101 cm³/mol. The Hall–Kier alpha value is -0.940. The molecule has 2 N–H and O–H groups in total. The minimum Gasteiger partial charge on any atom is -0.342 e. The van der Waals surface area contributed by atoms with E-state index in [0.29, 0.717) is 37.0 Å². The van der Waals surface area contributed by atoms with Gasteiger partial charge in [0.05, 0.1) is 0 Å². The van der Waals surface area contributed by atoms with Gasteiger partial charge in [0, 0.05) is 37.0 Å². The third kappa shape index (κ3) is 6.89. The van der Waals surface area contributed by atoms with Gasteiger partial charge in [0.2, 0.25) is 5.91 Å². The third-order valence-electron chi connectivity index (χ3n) is 5.73. The Morgan fingerprint density at radius 2 is 1.17 bits per heavy atom. The van der Waals surface area contributed by atoms with Crippen LogP contribution in [0.1, 0.15) is 48.5 Å². The molecule has 0 spiro atoms. The van der Waals surface area contributed by atoms with E-state index >= 15 is 0 Å². The molecule has 0 fully saturated rings. The van der Waals surface area contributed by atoms with Crippen molar-refractivity contribution in [3.8, 4) is 0 Å². The van der Waals surface area contributed by atoms with Gasteiger partial charge in [0.15, 0.2) is 0 Å². The van der Waals surface area contributed by atoms with Crippen LogP contribution >= 0.6 is 0 Å². The highest BCUT2D eigenvalue weighted by molar-refractivity contribution is 5.87. The predicted octanol–water partition coefficient (Wildman–Crippen LogP) is 2.16. The maximum Gasteiger partial charge on any atom is 0.226 e. The van der Waals surface area contributed by atoms with Crippen molar-refractivity contribution < 1.29 is 9.59 Å². The molecule has 0 aromatic carbocycles. The Morgan fingerprint density at radius 3 is 1.46 bits per heavy atom. The van der Waals surface area contributed by atoms with Crippen LogP contribution in [0.25, 0.3) is 0 Å². The number of Topliss-reactive ketones (excluding diaryl/α,β-unsaturated/α-hetero) is 1. The standard InChI is InChI=1S/C19H39N3O2/c1-12(16(5)20-8)10-22(11-13(2)17(6)21-9)19(24)15(4)14(3)18(7)23/h12-17,20-21H,10-11H2,1-9H3. The van der Waals surface area contributed by atoms with E-state index in [-0.39, 0.29) is 23.5 Å². The fourth-order valence-corrected chi connectivity index (χ4v) is 2.69. The average Bonchev–Trinajstić information content (AvgIpc) is 2.56. The van der Waals surface area contributed by atoms with E-state index in [2.05, 4.69) is 38.3 Å². The van der Waals surface area contributed by atoms with Gasteiger partial charge in [-0.25, -0.2) is 0 Å². The quantitative estimate of drug-likeness (QED) is 0.605. The van der Waals surface area contributed by atoms with E-state index in [4.69, 9.17) is 0 Å². The molecule has 0 aromatic rings. The number of hydrogen-bond donors (Lipinski definition) is 2. The van der Waals surface area contributed by atoms with Crippen LogP contribution in [-0.4, -0.2) is 55.9 Å². The molecule has 24 heavy (non-hydrogen) atoms. The van der Waals surface area contributed by atoms with Gasteiger partial charge in [-0.1, -0.05) is 27.7 Å². The van der Waals surface area contributed by atoms with Crippen molar-refractivity contribution in [1.82, 2.24) is 15.5 Å². The van der Waals surface area contributed by atoms with Crippen molar-refractivity contribution in [2.24, 2.45) is 23.7 Å². The van der Waals surface area contributed by atoms with Gasteiger partial charge in [0.1, 0.15) is 5.78 Å². The lowest BCUT2D eigenvalue weighted by molar-refractivity contribution is -0.141. The SMILES string of the molecule is CNC(C)C(C)CN(CC(C)C(C)NC)C(=O)C(C)C(C)C(C)=O. The second kappa shape index (κ2) is 10.8. The lowest BCUT2D eigenvalue weighted by Gasteiger charge is -2.35. The molecule has 6 unspecified atom stereocenters. The summed E-state index contributed by atoms with van der Waals surface area (Å²) in [7, 11) is 3.89. The van der Waals surface area contributed by atoms with Crippen molar-refractivity contribution in [3.05, 3.63) is 0 Å². The molecular formula is C19H39N3O2. The van der Waals surface area contributed by atoms with Crippen molar-refractivity contribution in [2.75, 3.05) is 27.2 Å². The number of carbonyl (C=O) groups is 2. The normalized spacial score (nSPS) is 19.0. The van der Waals surface area contributed by atoms with Crippen LogP contribution in [0.4, 0.5) is 0 Å². The van der Waals surface area contributed by atoms with E-state index < -0.39 is 0 Å². The van der Waals surface area contributed by atoms with Crippen LogP contribution in [0.15, 0.2) is 0 Å². The zero-order chi connectivity index (χ0) is 19.0. The molecule has 0 heterocycles. The number of rotatable bonds is 11. The summed E-state index contributed by atoms with van der Waals surface area (Å²) in [6.07, 6.45) is 0. The smallest absolute Gasteiger partial charge is 0.226 e. The molecule has 6 atom stereocenters. The Balaban J connectivity index is 5.22. The van der Waals surface area contributed by atoms with Gasteiger partial charge in [-0.15, -0.1) is 0 Å². The first kappa shape index (κ1) is 23.1. The summed E-state index contributed by atoms with van der Waals surface area (Å²) in [5, 5.41) is 6.52. The summed E-state index contributed by atoms with van der Waals surface area (Å²) >= 11 is 0. The molecule has 5 heteroatoms. The van der Waals surface area contributed by atoms with E-state index in [1.165, 1.54) is 0 Å². The highest BCUT2D eigenvalue weighted by Crippen LogP contribution is 2.19. The fourth-order valence-electron chi connectivity index (χ4n) is 2.69. The molecule has 0 aromatic heterocycles. The van der Waals surface area contributed by atoms with Gasteiger partial charge in [-0.2, -0.15) is 0 Å². The second-order valence-electron chi connectivity index (χ2n) is 7.54. The second-order valence-corrected chi connectivity index (χ2v) is 7.54. The first-order chi connectivity index (χ1) is 11.1. The molecule has 0 saturated carbocycles. The number of carbonyl (C=O) groups excluding carboxylic acids is 2. The monoisotopic (exact) mass is 341 g/mol. The van der Waals surface area contributed by atoms with Gasteiger partial charge in [0.25, 0.3) is 0 Å². The van der Waals surface area contributed by atoms with Crippen LogP contribution in [0.3, 0.4) is 0 Å². The van der Waals surface area contributed by atoms with E-state index in [1.54, 1.807) is 6.92 Å². The summed E-state index contributed by atoms with van der Waals surface area (Å²) in [6.45, 7) is 15.3. The molecule has 142 valence electrons. The summed E-state index contributed by atoms with van der Waals surface area (Å²) < 4.78 is 0. The van der Waals surface area contributed by atoms with Gasteiger partial charge >= 0.3 is 0 Å². The first-order valence-corrected chi connectivity index (χ1v) is 9.20. The summed E-state index contributed by atoms with van der Waals surface area (Å²) in [5.74, 6) is 0.324. The van der Waals surface area contributed by atoms with Crippen molar-refractivity contribution >= 4 is 11.7 Å². The third-order valence-corrected chi connectivity index (χ3v) is 5.73. The van der Waals surface area contributed by atoms with E-state index in [0.717, 1.165) is 0 Å². The minimum absolute atomic E-state index is 0.0732. The fraction of sp³-hybridized carbons (Fsp3) is 0.895. The molecule has 1 amide bonds. The topological polar surface area (TPSA) is 61.4 Å². The van der Waals surface area contributed by atoms with Crippen molar-refractivity contribution in [2.45, 2.75) is 60.5 Å². The Kier molecular flexibility index (Phi) is 10.4. The molecular weight excluding hydrogens is 302 g/mol. The molecule has 0 aliphatic rings. The van der Waals surface area contributed by atoms with Gasteiger partial charge in [-0.05, 0) is 46.7 Å². The van der Waals surface area contributed by atoms with Crippen molar-refractivity contribution in [3.63, 3.8) is 0 Å². The van der Waals surface area contributed by atoms with Gasteiger partial charge < -0.3 is 15.5 Å². The maximum absolute atomic E-state index is 13.0. The van der Waals surface area contributed by atoms with Crippen LogP contribution in [0, 0.1) is 23.7 Å². The zero-order valence-electron chi connectivity index (χ0n) is 17.1. The molecule has 0 saturated heterocycles. The lowest BCUT2D eigenvalue weighted by atomic mass is 9.90. The van der Waals surface area contributed by atoms with Crippen LogP contribution in [0.2, 0.25) is 0 Å². The molecule has 0 aliphatic heterocycles. The maximum atomic E-state index is 13.0. The lowest BCUT2D eigenvalue weighted by Crippen LogP contribution is -2.48. The van der Waals surface area contributed by atoms with E-state index in [9.17, 15) is 9.59 Å². The van der Waals surface area contributed by atoms with Crippen LogP contribution < -0.4 is 10.6 Å². The Morgan fingerprint density at radius 1 is 0.792 bits per heavy atom. The summed E-state index contributed by atoms with van der Waals surface area (Å²) in [6, 6.07) is 0.663. The number of nitrogens with zero attached hydrogens (tertiary/aromatic N) is 1. The Bertz CT molecular complexity index is 382. The minimum atomic E-state index is -0.281. The summed E-state index contributed by atoms with van der Waals surface area (Å²) in [4.78, 5) is 26.6. The number of nitrogens with one attached hydrogen (secondary N) is 2. The molecule has 0 radical (unpaired) electrons. The molecule has 0 bridgehead atoms. The van der Waals surface area contributed by atoms with Crippen molar-refractivity contribution in [1.29, 1.82) is 0 Å². The molecule has 5 nitrogen and oxygen atoms in total. The zero-order valence-corrected chi connectivity index (χ0v) is 17.1. The highest BCUT2D eigenvalue weighted by atomic mass is 16.2. The molecule has 0 rings (SSSR count). The van der Waals surface area contributed by atoms with E-state index in [1.807, 2.05) is 32.8 Å². The first-order valence-electron chi connectivity index (χ1n) is 9.20. The molecule has 0 aliphatic carbocycles. The number of hydrogen-bond acceptors (Lipinski definition) is 4. The highest BCUT2D eigenvalue weighted by Gasteiger charge is 2.30. The van der Waals surface area contributed by atoms with Crippen LogP contribution in [0.5, 0.6) is 0 Å². The van der Waals surface area contributed by atoms with Gasteiger partial charge in [-0.3, -0.25) is 9.59 Å². The Labute approximate surface area is 148 Å². The summed E-state index contributed by atoms with van der Waals surface area (Å²) in [5.41, 5.74) is 0. The average molecular weight is 342 g/mol.